The molecular weight excluding hydrogens is 495 g/mol. The van der Waals surface area contributed by atoms with E-state index in [0.29, 0.717) is 5.56 Å². The number of nitrogens with one attached hydrogen (secondary N) is 2. The van der Waals surface area contributed by atoms with E-state index in [4.69, 9.17) is 5.14 Å². The molecule has 0 bridgehead atoms. The van der Waals surface area contributed by atoms with Gasteiger partial charge < -0.3 is 5.32 Å². The summed E-state index contributed by atoms with van der Waals surface area (Å²) in [4.78, 5) is 12.2. The van der Waals surface area contributed by atoms with Gasteiger partial charge >= 0.3 is 6.18 Å². The van der Waals surface area contributed by atoms with Gasteiger partial charge in [0.2, 0.25) is 10.0 Å². The van der Waals surface area contributed by atoms with Crippen LogP contribution in [0.5, 0.6) is 0 Å². The number of sulfonamides is 2. The molecule has 0 saturated heterocycles. The molecule has 180 valence electrons. The van der Waals surface area contributed by atoms with Crippen LogP contribution < -0.4 is 15.2 Å². The van der Waals surface area contributed by atoms with Crippen molar-refractivity contribution in [1.29, 1.82) is 0 Å². The summed E-state index contributed by atoms with van der Waals surface area (Å²) in [7, 11) is -8.15. The molecule has 0 aliphatic rings. The molecule has 3 rings (SSSR count). The minimum absolute atomic E-state index is 0.0444. The highest BCUT2D eigenvalue weighted by Crippen LogP contribution is 2.31. The van der Waals surface area contributed by atoms with Crippen LogP contribution in [-0.4, -0.2) is 22.7 Å². The van der Waals surface area contributed by atoms with Crippen LogP contribution in [0.4, 0.5) is 24.5 Å². The van der Waals surface area contributed by atoms with Gasteiger partial charge in [-0.2, -0.15) is 13.2 Å². The molecule has 0 unspecified atom stereocenters. The molecule has 0 saturated carbocycles. The van der Waals surface area contributed by atoms with E-state index in [1.165, 1.54) is 37.3 Å². The minimum atomic E-state index is -4.59. The Bertz CT molecular complexity index is 1450. The number of primary sulfonamides is 1. The molecule has 0 radical (unpaired) electrons. The lowest BCUT2D eigenvalue weighted by Crippen LogP contribution is -2.17. The van der Waals surface area contributed by atoms with E-state index in [1.54, 1.807) is 0 Å². The summed E-state index contributed by atoms with van der Waals surface area (Å²) in [5, 5.41) is 7.35. The summed E-state index contributed by atoms with van der Waals surface area (Å²) in [5.74, 6) is -0.800. The number of hydrogen-bond acceptors (Lipinski definition) is 5. The average Bonchev–Trinajstić information content (AvgIpc) is 2.73. The molecule has 0 heterocycles. The Morgan fingerprint density at radius 3 is 2.06 bits per heavy atom. The molecule has 1 amide bonds. The second-order valence-corrected chi connectivity index (χ2v) is 10.4. The zero-order valence-corrected chi connectivity index (χ0v) is 19.1. The molecular formula is C21H18F3N3O5S2. The Balaban J connectivity index is 1.86. The lowest BCUT2D eigenvalue weighted by molar-refractivity contribution is -0.137. The third kappa shape index (κ3) is 5.92. The smallest absolute Gasteiger partial charge is 0.322 e. The highest BCUT2D eigenvalue weighted by molar-refractivity contribution is 7.92. The van der Waals surface area contributed by atoms with E-state index >= 15 is 0 Å². The second-order valence-electron chi connectivity index (χ2n) is 7.18. The Morgan fingerprint density at radius 1 is 0.853 bits per heavy atom. The highest BCUT2D eigenvalue weighted by atomic mass is 32.2. The van der Waals surface area contributed by atoms with Crippen molar-refractivity contribution in [2.24, 2.45) is 5.14 Å². The number of nitrogens with two attached hydrogens (primary N) is 1. The summed E-state index contributed by atoms with van der Waals surface area (Å²) in [6, 6.07) is 12.4. The topological polar surface area (TPSA) is 135 Å². The predicted octanol–water partition coefficient (Wildman–Crippen LogP) is 3.71. The quantitative estimate of drug-likeness (QED) is 0.462. The van der Waals surface area contributed by atoms with Gasteiger partial charge in [-0.25, -0.2) is 22.0 Å². The molecule has 34 heavy (non-hydrogen) atoms. The van der Waals surface area contributed by atoms with Crippen LogP contribution >= 0.6 is 0 Å². The van der Waals surface area contributed by atoms with Gasteiger partial charge in [-0.15, -0.1) is 0 Å². The van der Waals surface area contributed by atoms with Crippen molar-refractivity contribution in [3.63, 3.8) is 0 Å². The number of alkyl halides is 3. The van der Waals surface area contributed by atoms with Gasteiger partial charge in [-0.3, -0.25) is 9.52 Å². The molecule has 8 nitrogen and oxygen atoms in total. The maximum atomic E-state index is 12.9. The molecule has 0 aliphatic heterocycles. The van der Waals surface area contributed by atoms with E-state index in [2.05, 4.69) is 10.0 Å². The Labute approximate surface area is 193 Å². The first-order chi connectivity index (χ1) is 15.7. The first-order valence-electron chi connectivity index (χ1n) is 9.42. The van der Waals surface area contributed by atoms with Crippen molar-refractivity contribution in [2.45, 2.75) is 22.9 Å². The minimum Gasteiger partial charge on any atom is -0.322 e. The molecule has 0 fully saturated rings. The first kappa shape index (κ1) is 25.2. The van der Waals surface area contributed by atoms with Crippen molar-refractivity contribution >= 4 is 37.3 Å². The highest BCUT2D eigenvalue weighted by Gasteiger charge is 2.30. The summed E-state index contributed by atoms with van der Waals surface area (Å²) >= 11 is 0. The Kier molecular flexibility index (Phi) is 6.73. The number of rotatable bonds is 6. The number of benzene rings is 3. The van der Waals surface area contributed by atoms with Gasteiger partial charge in [0.25, 0.3) is 15.9 Å². The summed E-state index contributed by atoms with van der Waals surface area (Å²) in [5.41, 5.74) is -0.690. The number of carbonyl (C=O) groups excluding carboxylic acids is 1. The van der Waals surface area contributed by atoms with Crippen molar-refractivity contribution < 1.29 is 34.8 Å². The van der Waals surface area contributed by atoms with Crippen molar-refractivity contribution in [3.05, 3.63) is 83.4 Å². The van der Waals surface area contributed by atoms with Crippen molar-refractivity contribution in [1.82, 2.24) is 0 Å². The molecule has 0 aromatic heterocycles. The standard InChI is InChI=1S/C21H18F3N3O5S2/c1-13-5-8-18(34(31,32)27-15-6-9-17(10-7-15)33(25,29)30)12-19(13)20(28)26-16-4-2-3-14(11-16)21(22,23)24/h2-12,27H,1H3,(H,26,28)(H2,25,29,30). The van der Waals surface area contributed by atoms with Crippen LogP contribution in [0.3, 0.4) is 0 Å². The average molecular weight is 514 g/mol. The maximum Gasteiger partial charge on any atom is 0.416 e. The Hall–Kier alpha value is -3.42. The molecule has 4 N–H and O–H groups in total. The number of carbonyl (C=O) groups is 1. The number of anilines is 2. The largest absolute Gasteiger partial charge is 0.416 e. The summed E-state index contributed by atoms with van der Waals surface area (Å²) in [6.07, 6.45) is -4.59. The summed E-state index contributed by atoms with van der Waals surface area (Å²) in [6.45, 7) is 1.54. The van der Waals surface area contributed by atoms with Crippen LogP contribution in [0.25, 0.3) is 0 Å². The van der Waals surface area contributed by atoms with Crippen LogP contribution in [0, 0.1) is 6.92 Å². The van der Waals surface area contributed by atoms with E-state index in [1.807, 2.05) is 0 Å². The molecule has 3 aromatic rings. The Morgan fingerprint density at radius 2 is 1.47 bits per heavy atom. The number of amides is 1. The van der Waals surface area contributed by atoms with Gasteiger partial charge in [-0.1, -0.05) is 12.1 Å². The van der Waals surface area contributed by atoms with E-state index in [9.17, 15) is 34.8 Å². The predicted molar refractivity (Wildman–Crippen MR) is 119 cm³/mol. The fourth-order valence-electron chi connectivity index (χ4n) is 2.91. The summed E-state index contributed by atoms with van der Waals surface area (Å²) < 4.78 is 89.2. The fourth-order valence-corrected chi connectivity index (χ4v) is 4.51. The van der Waals surface area contributed by atoms with Crippen LogP contribution in [-0.2, 0) is 26.2 Å². The first-order valence-corrected chi connectivity index (χ1v) is 12.4. The van der Waals surface area contributed by atoms with E-state index < -0.39 is 37.7 Å². The molecule has 3 aromatic carbocycles. The molecule has 0 aliphatic carbocycles. The van der Waals surface area contributed by atoms with E-state index in [0.717, 1.165) is 36.4 Å². The second kappa shape index (κ2) is 9.08. The molecule has 0 atom stereocenters. The van der Waals surface area contributed by atoms with Gasteiger partial charge in [0.15, 0.2) is 0 Å². The normalized spacial score (nSPS) is 12.3. The SMILES string of the molecule is Cc1ccc(S(=O)(=O)Nc2ccc(S(N)(=O)=O)cc2)cc1C(=O)Nc1cccc(C(F)(F)F)c1. The lowest BCUT2D eigenvalue weighted by atomic mass is 10.1. The third-order valence-corrected chi connectivity index (χ3v) is 6.95. The van der Waals surface area contributed by atoms with Crippen LogP contribution in [0.15, 0.2) is 76.5 Å². The van der Waals surface area contributed by atoms with E-state index in [-0.39, 0.29) is 26.7 Å². The van der Waals surface area contributed by atoms with Gasteiger partial charge in [-0.05, 0) is 67.1 Å². The number of halogens is 3. The number of aryl methyl sites for hydroxylation is 1. The van der Waals surface area contributed by atoms with Gasteiger partial charge in [0.05, 0.1) is 15.4 Å². The third-order valence-electron chi connectivity index (χ3n) is 4.65. The van der Waals surface area contributed by atoms with Crippen LogP contribution in [0.2, 0.25) is 0 Å². The number of hydrogen-bond donors (Lipinski definition) is 3. The fraction of sp³-hybridized carbons (Fsp3) is 0.0952. The van der Waals surface area contributed by atoms with Crippen molar-refractivity contribution in [3.8, 4) is 0 Å². The van der Waals surface area contributed by atoms with Crippen molar-refractivity contribution in [2.75, 3.05) is 10.0 Å². The van der Waals surface area contributed by atoms with Gasteiger partial charge in [0.1, 0.15) is 0 Å². The monoisotopic (exact) mass is 513 g/mol. The lowest BCUT2D eigenvalue weighted by Gasteiger charge is -2.13. The maximum absolute atomic E-state index is 12.9. The van der Waals surface area contributed by atoms with Crippen LogP contribution in [0.1, 0.15) is 21.5 Å². The molecule has 13 heteroatoms. The molecule has 0 spiro atoms. The zero-order chi connectivity index (χ0) is 25.3. The zero-order valence-electron chi connectivity index (χ0n) is 17.4. The van der Waals surface area contributed by atoms with Gasteiger partial charge in [0, 0.05) is 16.9 Å².